The number of hydrogen-bond acceptors (Lipinski definition) is 7. The van der Waals surface area contributed by atoms with Crippen molar-refractivity contribution in [3.63, 3.8) is 0 Å². The fourth-order valence-corrected chi connectivity index (χ4v) is 2.30. The van der Waals surface area contributed by atoms with Gasteiger partial charge in [0.05, 0.1) is 0 Å². The molecule has 25 heavy (non-hydrogen) atoms. The van der Waals surface area contributed by atoms with Gasteiger partial charge in [-0.15, -0.1) is 4.91 Å². The van der Waals surface area contributed by atoms with Crippen LogP contribution < -0.4 is 5.73 Å². The van der Waals surface area contributed by atoms with E-state index in [4.69, 9.17) is 22.4 Å². The van der Waals surface area contributed by atoms with Gasteiger partial charge in [0.15, 0.2) is 11.0 Å². The minimum Gasteiger partial charge on any atom is -0.476 e. The highest BCUT2D eigenvalue weighted by atomic mass is 35.5. The quantitative estimate of drug-likeness (QED) is 0.375. The van der Waals surface area contributed by atoms with Crippen molar-refractivity contribution in [1.29, 1.82) is 0 Å². The first kappa shape index (κ1) is 21.1. The molecule has 1 fully saturated rings. The van der Waals surface area contributed by atoms with Crippen LogP contribution in [0.2, 0.25) is 5.02 Å². The number of halogens is 1. The Bertz CT molecular complexity index is 581. The van der Waals surface area contributed by atoms with Gasteiger partial charge < -0.3 is 15.7 Å². The lowest BCUT2D eigenvalue weighted by atomic mass is 10.1. The van der Waals surface area contributed by atoms with Gasteiger partial charge in [-0.05, 0) is 32.6 Å². The minimum atomic E-state index is -1.17. The van der Waals surface area contributed by atoms with E-state index in [2.05, 4.69) is 27.1 Å². The van der Waals surface area contributed by atoms with Gasteiger partial charge in [-0.25, -0.2) is 14.8 Å². The summed E-state index contributed by atoms with van der Waals surface area (Å²) in [7, 11) is 0. The predicted molar refractivity (Wildman–Crippen MR) is 95.5 cm³/mol. The summed E-state index contributed by atoms with van der Waals surface area (Å²) in [6.07, 6.45) is 7.76. The van der Waals surface area contributed by atoms with Gasteiger partial charge >= 0.3 is 5.97 Å². The van der Waals surface area contributed by atoms with Crippen LogP contribution in [0.1, 0.15) is 81.0 Å². The highest BCUT2D eigenvalue weighted by Crippen LogP contribution is 2.39. The molecule has 0 radical (unpaired) electrons. The van der Waals surface area contributed by atoms with Gasteiger partial charge in [0, 0.05) is 5.92 Å². The minimum absolute atomic E-state index is 0.00986. The van der Waals surface area contributed by atoms with Gasteiger partial charge in [-0.3, -0.25) is 0 Å². The van der Waals surface area contributed by atoms with Crippen LogP contribution >= 0.6 is 11.6 Å². The summed E-state index contributed by atoms with van der Waals surface area (Å²) >= 11 is 5.65. The molecule has 0 aromatic carbocycles. The molecule has 0 amide bonds. The number of aromatic nitrogens is 2. The molecule has 1 aromatic heterocycles. The molecule has 0 bridgehead atoms. The molecule has 1 heterocycles. The first-order chi connectivity index (χ1) is 11.9. The summed E-state index contributed by atoms with van der Waals surface area (Å²) in [4.78, 5) is 32.7. The van der Waals surface area contributed by atoms with E-state index in [1.165, 1.54) is 19.3 Å². The van der Waals surface area contributed by atoms with E-state index in [0.717, 1.165) is 25.7 Å². The van der Waals surface area contributed by atoms with Gasteiger partial charge in [0.25, 0.3) is 0 Å². The lowest BCUT2D eigenvalue weighted by Crippen LogP contribution is -2.09. The average Bonchev–Trinajstić information content (AvgIpc) is 3.39. The Balaban J connectivity index is 0.000000260. The van der Waals surface area contributed by atoms with Crippen molar-refractivity contribution in [3.8, 4) is 0 Å². The third-order valence-corrected chi connectivity index (χ3v) is 4.10. The number of unbranched alkanes of at least 4 members (excludes halogenated alkanes) is 3. The van der Waals surface area contributed by atoms with E-state index in [1.807, 2.05) is 6.92 Å². The Hall–Kier alpha value is -1.96. The molecule has 8 nitrogen and oxygen atoms in total. The number of nitrogen functional groups attached to an aromatic ring is 1. The van der Waals surface area contributed by atoms with Crippen LogP contribution in [-0.4, -0.2) is 27.1 Å². The van der Waals surface area contributed by atoms with Crippen LogP contribution in [0.25, 0.3) is 0 Å². The Morgan fingerprint density at radius 1 is 1.40 bits per heavy atom. The van der Waals surface area contributed by atoms with Gasteiger partial charge in [-0.2, -0.15) is 0 Å². The molecule has 0 spiro atoms. The fraction of sp³-hybridized carbons (Fsp3) is 0.688. The molecule has 1 unspecified atom stereocenters. The molecule has 0 aliphatic heterocycles. The van der Waals surface area contributed by atoms with Crippen molar-refractivity contribution in [2.45, 2.75) is 70.8 Å². The number of hydrogen-bond donors (Lipinski definition) is 2. The smallest absolute Gasteiger partial charge is 0.356 e. The van der Waals surface area contributed by atoms with Crippen LogP contribution in [0.5, 0.6) is 0 Å². The lowest BCUT2D eigenvalue weighted by Gasteiger charge is -2.05. The van der Waals surface area contributed by atoms with Crippen molar-refractivity contribution >= 4 is 23.4 Å². The molecule has 1 aliphatic carbocycles. The molecule has 1 aliphatic rings. The Kier molecular flexibility index (Phi) is 9.12. The summed E-state index contributed by atoms with van der Waals surface area (Å²) in [6, 6.07) is 0. The van der Waals surface area contributed by atoms with Gasteiger partial charge in [0.2, 0.25) is 0 Å². The van der Waals surface area contributed by atoms with Crippen LogP contribution in [0.3, 0.4) is 0 Å². The predicted octanol–water partition coefficient (Wildman–Crippen LogP) is 4.33. The number of rotatable bonds is 9. The van der Waals surface area contributed by atoms with E-state index in [0.29, 0.717) is 5.82 Å². The van der Waals surface area contributed by atoms with Crippen molar-refractivity contribution in [2.24, 2.45) is 5.34 Å². The maximum absolute atomic E-state index is 10.7. The van der Waals surface area contributed by atoms with Gasteiger partial charge in [-0.1, -0.05) is 37.8 Å². The Labute approximate surface area is 152 Å². The molecule has 1 atom stereocenters. The lowest BCUT2D eigenvalue weighted by molar-refractivity contribution is 0.0607. The molecule has 1 aromatic rings. The van der Waals surface area contributed by atoms with Crippen molar-refractivity contribution < 1.29 is 14.7 Å². The molecule has 0 saturated heterocycles. The maximum atomic E-state index is 10.7. The van der Waals surface area contributed by atoms with Crippen molar-refractivity contribution in [2.75, 3.05) is 5.73 Å². The number of aromatic carboxylic acids is 1. The first-order valence-electron chi connectivity index (χ1n) is 8.45. The van der Waals surface area contributed by atoms with E-state index in [9.17, 15) is 9.70 Å². The summed E-state index contributed by atoms with van der Waals surface area (Å²) in [6.45, 7) is 4.04. The molecule has 2 rings (SSSR count). The monoisotopic (exact) mass is 372 g/mol. The Morgan fingerprint density at radius 3 is 2.60 bits per heavy atom. The molecule has 140 valence electrons. The number of carbonyl (C=O) groups is 1. The number of nitrogens with zero attached hydrogens (tertiary/aromatic N) is 3. The molecular formula is C16H25ClN4O4. The van der Waals surface area contributed by atoms with Crippen LogP contribution in [0, 0.1) is 4.91 Å². The second-order valence-electron chi connectivity index (χ2n) is 6.05. The SMILES string of the molecule is CCCCCCC(C)ON=O.Nc1nc(C2CC2)nc(C(=O)O)c1Cl. The maximum Gasteiger partial charge on any atom is 0.356 e. The summed E-state index contributed by atoms with van der Waals surface area (Å²) < 4.78 is 0. The van der Waals surface area contributed by atoms with Crippen molar-refractivity contribution in [1.82, 2.24) is 9.97 Å². The molecule has 1 saturated carbocycles. The molecule has 9 heteroatoms. The number of carboxylic acid groups (broad SMARTS) is 1. The molecule has 3 N–H and O–H groups in total. The normalized spacial score (nSPS) is 14.2. The first-order valence-corrected chi connectivity index (χ1v) is 8.83. The summed E-state index contributed by atoms with van der Waals surface area (Å²) in [5, 5.41) is 11.1. The Morgan fingerprint density at radius 2 is 2.08 bits per heavy atom. The second-order valence-corrected chi connectivity index (χ2v) is 6.43. The second kappa shape index (κ2) is 10.8. The van der Waals surface area contributed by atoms with Gasteiger partial charge in [0.1, 0.15) is 22.8 Å². The van der Waals surface area contributed by atoms with Crippen LogP contribution in [0.15, 0.2) is 5.34 Å². The highest BCUT2D eigenvalue weighted by Gasteiger charge is 2.29. The van der Waals surface area contributed by atoms with E-state index in [-0.39, 0.29) is 28.6 Å². The zero-order valence-electron chi connectivity index (χ0n) is 14.6. The zero-order valence-corrected chi connectivity index (χ0v) is 15.3. The number of nitrogens with two attached hydrogens (primary N) is 1. The summed E-state index contributed by atoms with van der Waals surface area (Å²) in [5.41, 5.74) is 5.27. The van der Waals surface area contributed by atoms with Crippen LogP contribution in [0.4, 0.5) is 5.82 Å². The largest absolute Gasteiger partial charge is 0.476 e. The zero-order chi connectivity index (χ0) is 18.8. The molecular weight excluding hydrogens is 348 g/mol. The number of carboxylic acids is 1. The number of anilines is 1. The third kappa shape index (κ3) is 7.64. The fourth-order valence-electron chi connectivity index (χ4n) is 2.13. The van der Waals surface area contributed by atoms with Crippen molar-refractivity contribution in [3.05, 3.63) is 21.4 Å². The highest BCUT2D eigenvalue weighted by molar-refractivity contribution is 6.35. The average molecular weight is 373 g/mol. The van der Waals surface area contributed by atoms with E-state index < -0.39 is 5.97 Å². The third-order valence-electron chi connectivity index (χ3n) is 3.73. The van der Waals surface area contributed by atoms with Crippen LogP contribution in [-0.2, 0) is 4.84 Å². The topological polar surface area (TPSA) is 128 Å². The standard InChI is InChI=1S/C8H8ClN3O2.C8H17NO2/c9-4-5(8(13)14)11-7(3-1-2-3)12-6(4)10;1-3-4-5-6-7-8(2)11-9-10/h3H,1-2H2,(H,13,14)(H2,10,11,12);8H,3-7H2,1-2H3. The van der Waals surface area contributed by atoms with E-state index >= 15 is 0 Å². The summed E-state index contributed by atoms with van der Waals surface area (Å²) in [5.74, 6) is -0.385. The van der Waals surface area contributed by atoms with E-state index in [1.54, 1.807) is 0 Å².